The van der Waals surface area contributed by atoms with Crippen LogP contribution < -0.4 is 5.32 Å². The number of alkyl carbamates (subject to hydrolysis) is 1. The molecule has 7 rings (SSSR count). The first-order valence-electron chi connectivity index (χ1n) is 22.5. The molecule has 4 N–H and O–H groups in total. The van der Waals surface area contributed by atoms with Crippen molar-refractivity contribution in [2.75, 3.05) is 37.7 Å². The number of thioether (sulfide) groups is 1. The molecule has 0 radical (unpaired) electrons. The highest BCUT2D eigenvalue weighted by Crippen LogP contribution is 2.65. The summed E-state index contributed by atoms with van der Waals surface area (Å²) in [6, 6.07) is 15.2. The molecule has 354 valence electrons. The van der Waals surface area contributed by atoms with Crippen molar-refractivity contribution >= 4 is 41.5 Å². The monoisotopic (exact) mass is 920 g/mol. The average Bonchev–Trinajstić information content (AvgIpc) is 3.25. The highest BCUT2D eigenvalue weighted by Gasteiger charge is 2.78. The zero-order chi connectivity index (χ0) is 47.3. The number of hydrogen-bond acceptors (Lipinski definition) is 15. The van der Waals surface area contributed by atoms with Crippen LogP contribution in [0.4, 0.5) is 4.79 Å². The number of amides is 1. The molecule has 3 aliphatic carbocycles. The number of Topliss-reactive ketones (excluding diaryl/α,β-unsaturated/α-hetero) is 1. The summed E-state index contributed by atoms with van der Waals surface area (Å²) in [5.41, 5.74) is -6.53. The van der Waals surface area contributed by atoms with Crippen LogP contribution in [0.2, 0.25) is 0 Å². The predicted octanol–water partition coefficient (Wildman–Crippen LogP) is 4.95. The maximum Gasteiger partial charge on any atom is 0.408 e. The average molecular weight is 921 g/mol. The molecule has 0 unspecified atom stereocenters. The third-order valence-corrected chi connectivity index (χ3v) is 15.5. The minimum absolute atomic E-state index is 0.0701. The fourth-order valence-electron chi connectivity index (χ4n) is 11.2. The van der Waals surface area contributed by atoms with Crippen LogP contribution >= 0.6 is 11.8 Å². The number of fused-ring (bicyclic) bond motifs is 5. The van der Waals surface area contributed by atoms with E-state index in [1.54, 1.807) is 109 Å². The lowest BCUT2D eigenvalue weighted by molar-refractivity contribution is -0.345. The van der Waals surface area contributed by atoms with Crippen LogP contribution in [0.5, 0.6) is 0 Å². The summed E-state index contributed by atoms with van der Waals surface area (Å²) in [5, 5.41) is 40.8. The first kappa shape index (κ1) is 48.6. The number of ether oxygens (including phenoxy) is 5. The largest absolute Gasteiger partial charge is 0.456 e. The van der Waals surface area contributed by atoms with Crippen molar-refractivity contribution in [3.05, 3.63) is 82.9 Å². The lowest BCUT2D eigenvalue weighted by atomic mass is 9.43. The number of nitrogens with one attached hydrogen (secondary N) is 1. The predicted molar refractivity (Wildman–Crippen MR) is 239 cm³/mol. The summed E-state index contributed by atoms with van der Waals surface area (Å²) < 4.78 is 30.5. The van der Waals surface area contributed by atoms with Gasteiger partial charge in [0, 0.05) is 55.7 Å². The van der Waals surface area contributed by atoms with Gasteiger partial charge < -0.3 is 49.2 Å². The molecule has 4 fully saturated rings. The maximum absolute atomic E-state index is 16.0. The van der Waals surface area contributed by atoms with Crippen molar-refractivity contribution in [2.45, 2.75) is 128 Å². The number of nitrogens with zero attached hydrogens (tertiary/aromatic N) is 1. The van der Waals surface area contributed by atoms with Crippen LogP contribution in [-0.2, 0) is 38.1 Å². The van der Waals surface area contributed by atoms with Crippen LogP contribution in [0.3, 0.4) is 0 Å². The van der Waals surface area contributed by atoms with Crippen LogP contribution in [-0.4, -0.2) is 135 Å². The molecule has 1 amide bonds. The highest BCUT2D eigenvalue weighted by molar-refractivity contribution is 7.99. The Morgan fingerprint density at radius 1 is 0.985 bits per heavy atom. The Morgan fingerprint density at radius 2 is 1.62 bits per heavy atom. The van der Waals surface area contributed by atoms with E-state index in [0.29, 0.717) is 23.3 Å². The minimum Gasteiger partial charge on any atom is -0.456 e. The van der Waals surface area contributed by atoms with Gasteiger partial charge in [-0.3, -0.25) is 9.59 Å². The summed E-state index contributed by atoms with van der Waals surface area (Å²) in [6.07, 6.45) is -8.42. The van der Waals surface area contributed by atoms with Crippen LogP contribution in [0.25, 0.3) is 0 Å². The normalized spacial score (nSPS) is 33.1. The molecule has 2 aromatic carbocycles. The second-order valence-corrected chi connectivity index (χ2v) is 21.2. The van der Waals surface area contributed by atoms with Gasteiger partial charge in [0.2, 0.25) is 0 Å². The number of hydrogen-bond donors (Lipinski definition) is 4. The number of aliphatic hydroxyl groups is 3. The van der Waals surface area contributed by atoms with Crippen molar-refractivity contribution in [1.29, 1.82) is 0 Å². The lowest BCUT2D eigenvalue weighted by Gasteiger charge is -2.67. The Bertz CT molecular complexity index is 2160. The maximum atomic E-state index is 16.0. The summed E-state index contributed by atoms with van der Waals surface area (Å²) >= 11 is 1.85. The smallest absolute Gasteiger partial charge is 0.408 e. The minimum atomic E-state index is -2.22. The molecule has 2 aliphatic heterocycles. The Morgan fingerprint density at radius 3 is 2.20 bits per heavy atom. The summed E-state index contributed by atoms with van der Waals surface area (Å²) in [7, 11) is 0. The molecule has 65 heavy (non-hydrogen) atoms. The highest BCUT2D eigenvalue weighted by atomic mass is 32.2. The molecule has 11 atom stereocenters. The second-order valence-electron chi connectivity index (χ2n) is 20.0. The van der Waals surface area contributed by atoms with Crippen LogP contribution in [0, 0.1) is 22.7 Å². The van der Waals surface area contributed by atoms with Gasteiger partial charge in [0.05, 0.1) is 35.6 Å². The van der Waals surface area contributed by atoms with Crippen LogP contribution in [0.15, 0.2) is 71.8 Å². The van der Waals surface area contributed by atoms with Crippen molar-refractivity contribution in [3.8, 4) is 0 Å². The molecule has 2 bridgehead atoms. The fourth-order valence-corrected chi connectivity index (χ4v) is 12.2. The molecule has 2 saturated heterocycles. The molecule has 2 heterocycles. The number of esters is 3. The van der Waals surface area contributed by atoms with Gasteiger partial charge in [-0.1, -0.05) is 62.4 Å². The van der Waals surface area contributed by atoms with Crippen LogP contribution in [0.1, 0.15) is 96.6 Å². The van der Waals surface area contributed by atoms with E-state index in [1.807, 2.05) is 11.8 Å². The molecule has 16 heteroatoms. The first-order valence-corrected chi connectivity index (χ1v) is 23.7. The topological polar surface area (TPSA) is 207 Å². The van der Waals surface area contributed by atoms with E-state index in [2.05, 4.69) is 10.2 Å². The van der Waals surface area contributed by atoms with E-state index in [9.17, 15) is 34.5 Å². The molecule has 0 spiro atoms. The van der Waals surface area contributed by atoms with E-state index in [0.717, 1.165) is 24.6 Å². The summed E-state index contributed by atoms with van der Waals surface area (Å²) in [4.78, 5) is 73.5. The van der Waals surface area contributed by atoms with Crippen molar-refractivity contribution in [1.82, 2.24) is 10.2 Å². The van der Waals surface area contributed by atoms with Gasteiger partial charge in [-0.05, 0) is 76.4 Å². The Hall–Kier alpha value is -4.32. The third-order valence-electron chi connectivity index (χ3n) is 14.5. The first-order chi connectivity index (χ1) is 30.5. The SMILES string of the molecule is CC(=O)O[C@@]12CO[C@@H]1C[C@H](O)[C@@]1(C)C(=O)[C@H](CCN3CCSCC3)C3=C(C)[C@@H](OC(=O)[C@H](O)[C@@H](NC(=O)OC(C)(C)C)c4ccccc4)C[C@@](O)([C@@H](OC(=O)c4ccccc4)[C@H]21)C3(C)C. The molecule has 0 aromatic heterocycles. The van der Waals surface area contributed by atoms with E-state index >= 15 is 4.79 Å². The number of carbonyl (C=O) groups excluding carboxylic acids is 5. The van der Waals surface area contributed by atoms with Crippen molar-refractivity contribution in [3.63, 3.8) is 0 Å². The second kappa shape index (κ2) is 18.4. The van der Waals surface area contributed by atoms with Gasteiger partial charge in [0.1, 0.15) is 35.3 Å². The number of ketones is 1. The van der Waals surface area contributed by atoms with E-state index < -0.39 is 112 Å². The van der Waals surface area contributed by atoms with Gasteiger partial charge in [-0.15, -0.1) is 0 Å². The Balaban J connectivity index is 1.39. The van der Waals surface area contributed by atoms with Crippen molar-refractivity contribution < 1.29 is 63.0 Å². The number of benzene rings is 2. The van der Waals surface area contributed by atoms with Gasteiger partial charge >= 0.3 is 24.0 Å². The van der Waals surface area contributed by atoms with Gasteiger partial charge in [0.25, 0.3) is 0 Å². The summed E-state index contributed by atoms with van der Waals surface area (Å²) in [5.74, 6) is -3.62. The Labute approximate surface area is 384 Å². The number of rotatable bonds is 11. The Kier molecular flexibility index (Phi) is 13.8. The molecule has 2 saturated carbocycles. The zero-order valence-corrected chi connectivity index (χ0v) is 39.4. The quantitative estimate of drug-likeness (QED) is 0.134. The summed E-state index contributed by atoms with van der Waals surface area (Å²) in [6.45, 7) is 15.0. The standard InChI is InChI=1S/C49H64N2O13S/c1-28-33(61-43(57)38(54)37(30-15-11-9-12-16-30)50-44(58)64-45(3,4)5)26-49(59)41(62-42(56)31-17-13-10-14-18-31)39-47(8,34(53)25-35-48(39,27-60-35)63-29(2)52)40(55)32(36(28)46(49,6)7)19-20-51-21-23-65-24-22-51/h9-18,32-35,37-39,41,53-54,59H,19-27H2,1-8H3,(H,50,58)/t32-,33+,34+,35-,37+,38-,39+,41+,47-,48+,49-/m1/s1. The molecular formula is C49H64N2O13S. The lowest BCUT2D eigenvalue weighted by Crippen LogP contribution is -2.81. The number of aliphatic hydroxyl groups excluding tert-OH is 2. The molecule has 2 aromatic rings. The number of carbonyl (C=O) groups is 5. The molecular weight excluding hydrogens is 857 g/mol. The third kappa shape index (κ3) is 8.98. The zero-order valence-electron chi connectivity index (χ0n) is 38.5. The molecule has 5 aliphatic rings. The van der Waals surface area contributed by atoms with E-state index in [1.165, 1.54) is 6.92 Å². The van der Waals surface area contributed by atoms with E-state index in [4.69, 9.17) is 23.7 Å². The fraction of sp³-hybridized carbons (Fsp3) is 0.612. The van der Waals surface area contributed by atoms with Gasteiger partial charge in [-0.2, -0.15) is 11.8 Å². The molecule has 15 nitrogen and oxygen atoms in total. The van der Waals surface area contributed by atoms with Gasteiger partial charge in [0.15, 0.2) is 11.7 Å². The van der Waals surface area contributed by atoms with Crippen molar-refractivity contribution in [2.24, 2.45) is 22.7 Å². The van der Waals surface area contributed by atoms with E-state index in [-0.39, 0.29) is 25.0 Å². The van der Waals surface area contributed by atoms with Gasteiger partial charge in [-0.25, -0.2) is 14.4 Å².